The van der Waals surface area contributed by atoms with E-state index >= 15 is 0 Å². The number of amides is 2. The Hall–Kier alpha value is -3.02. The van der Waals surface area contributed by atoms with Crippen LogP contribution in [0, 0.1) is 5.92 Å². The van der Waals surface area contributed by atoms with Gasteiger partial charge in [-0.1, -0.05) is 49.9 Å². The van der Waals surface area contributed by atoms with Crippen molar-refractivity contribution in [2.24, 2.45) is 21.0 Å². The van der Waals surface area contributed by atoms with E-state index in [2.05, 4.69) is 15.3 Å². The fraction of sp³-hybridized carbons (Fsp3) is 0.304. The van der Waals surface area contributed by atoms with Crippen LogP contribution >= 0.6 is 11.8 Å². The summed E-state index contributed by atoms with van der Waals surface area (Å²) in [6, 6.07) is 13.3. The van der Waals surface area contributed by atoms with E-state index < -0.39 is 16.1 Å². The number of benzene rings is 2. The summed E-state index contributed by atoms with van der Waals surface area (Å²) in [5.41, 5.74) is 2.40. The van der Waals surface area contributed by atoms with Gasteiger partial charge >= 0.3 is 0 Å². The quantitative estimate of drug-likeness (QED) is 0.601. The van der Waals surface area contributed by atoms with Gasteiger partial charge in [0.1, 0.15) is 11.9 Å². The normalized spacial score (nSPS) is 17.2. The van der Waals surface area contributed by atoms with Crippen LogP contribution in [0.3, 0.4) is 0 Å². The van der Waals surface area contributed by atoms with Crippen LogP contribution in [-0.4, -0.2) is 54.5 Å². The zero-order valence-electron chi connectivity index (χ0n) is 18.8. The molecule has 2 heterocycles. The Labute approximate surface area is 202 Å². The standard InChI is InChI=1S/C23H25N5O4S2/c1-14(2)20-22(30)28-21(27-20)17-5-3-4-6-18(17)26-23(28)33-13-19(29)25-12-11-15-7-9-16(10-8-15)34(24,31)32/h3-10,14,20H,11-13H2,1-2H3,(H,25,29)(H2,24,31,32)/t20-/m0/s1. The molecule has 2 aliphatic rings. The number of amidine groups is 2. The van der Waals surface area contributed by atoms with Crippen molar-refractivity contribution in [2.75, 3.05) is 12.3 Å². The van der Waals surface area contributed by atoms with E-state index in [1.807, 2.05) is 38.1 Å². The minimum atomic E-state index is -3.73. The van der Waals surface area contributed by atoms with Crippen molar-refractivity contribution >= 4 is 50.3 Å². The number of carbonyl (C=O) groups is 2. The molecule has 11 heteroatoms. The third kappa shape index (κ3) is 5.06. The van der Waals surface area contributed by atoms with E-state index in [0.717, 1.165) is 16.8 Å². The number of hydrogen-bond acceptors (Lipinski definition) is 7. The van der Waals surface area contributed by atoms with Crippen molar-refractivity contribution in [3.63, 3.8) is 0 Å². The van der Waals surface area contributed by atoms with Crippen molar-refractivity contribution in [1.29, 1.82) is 0 Å². The topological polar surface area (TPSA) is 134 Å². The van der Waals surface area contributed by atoms with Gasteiger partial charge in [0.2, 0.25) is 15.9 Å². The van der Waals surface area contributed by atoms with Gasteiger partial charge in [0, 0.05) is 12.1 Å². The second kappa shape index (κ2) is 9.69. The van der Waals surface area contributed by atoms with E-state index in [-0.39, 0.29) is 28.4 Å². The predicted molar refractivity (Wildman–Crippen MR) is 133 cm³/mol. The third-order valence-electron chi connectivity index (χ3n) is 5.45. The zero-order valence-corrected chi connectivity index (χ0v) is 20.4. The van der Waals surface area contributed by atoms with Crippen LogP contribution in [-0.2, 0) is 26.0 Å². The lowest BCUT2D eigenvalue weighted by molar-refractivity contribution is -0.125. The molecule has 4 rings (SSSR count). The Kier molecular flexibility index (Phi) is 6.87. The number of aliphatic imine (C=N–C) groups is 2. The first-order chi connectivity index (χ1) is 16.1. The number of nitrogens with zero attached hydrogens (tertiary/aromatic N) is 3. The Morgan fingerprint density at radius 3 is 2.56 bits per heavy atom. The summed E-state index contributed by atoms with van der Waals surface area (Å²) in [5.74, 6) is 0.397. The first kappa shape index (κ1) is 24.1. The van der Waals surface area contributed by atoms with Crippen LogP contribution in [0.15, 0.2) is 63.4 Å². The zero-order chi connectivity index (χ0) is 24.5. The molecule has 2 aromatic carbocycles. The minimum absolute atomic E-state index is 0.0468. The molecule has 0 radical (unpaired) electrons. The van der Waals surface area contributed by atoms with Gasteiger partial charge in [-0.25, -0.2) is 23.4 Å². The first-order valence-corrected chi connectivity index (χ1v) is 13.3. The molecular weight excluding hydrogens is 474 g/mol. The molecule has 0 fully saturated rings. The van der Waals surface area contributed by atoms with Crippen LogP contribution in [0.4, 0.5) is 5.69 Å². The van der Waals surface area contributed by atoms with E-state index in [1.165, 1.54) is 28.8 Å². The molecule has 1 atom stereocenters. The van der Waals surface area contributed by atoms with Gasteiger partial charge < -0.3 is 5.32 Å². The number of fused-ring (bicyclic) bond motifs is 3. The molecule has 2 aliphatic heterocycles. The van der Waals surface area contributed by atoms with Crippen molar-refractivity contribution < 1.29 is 18.0 Å². The molecule has 0 aliphatic carbocycles. The van der Waals surface area contributed by atoms with Crippen LogP contribution < -0.4 is 10.5 Å². The Balaban J connectivity index is 1.37. The summed E-state index contributed by atoms with van der Waals surface area (Å²) in [7, 11) is -3.73. The average Bonchev–Trinajstić information content (AvgIpc) is 3.15. The molecule has 3 N–H and O–H groups in total. The lowest BCUT2D eigenvalue weighted by atomic mass is 10.1. The number of nitrogens with two attached hydrogens (primary N) is 1. The smallest absolute Gasteiger partial charge is 0.259 e. The number of thioether (sulfide) groups is 1. The second-order valence-electron chi connectivity index (χ2n) is 8.30. The molecule has 34 heavy (non-hydrogen) atoms. The van der Waals surface area contributed by atoms with Crippen molar-refractivity contribution in [1.82, 2.24) is 10.2 Å². The molecule has 0 aromatic heterocycles. The third-order valence-corrected chi connectivity index (χ3v) is 7.32. The molecule has 2 aromatic rings. The van der Waals surface area contributed by atoms with Crippen LogP contribution in [0.1, 0.15) is 25.0 Å². The molecule has 0 bridgehead atoms. The van der Waals surface area contributed by atoms with Gasteiger partial charge in [-0.3, -0.25) is 14.6 Å². The molecule has 9 nitrogen and oxygen atoms in total. The highest BCUT2D eigenvalue weighted by Gasteiger charge is 2.42. The van der Waals surface area contributed by atoms with Gasteiger partial charge in [-0.2, -0.15) is 0 Å². The molecule has 0 saturated carbocycles. The molecule has 0 spiro atoms. The summed E-state index contributed by atoms with van der Waals surface area (Å²) in [4.78, 5) is 36.3. The molecule has 2 amide bonds. The van der Waals surface area contributed by atoms with Gasteiger partial charge in [0.05, 0.1) is 16.3 Å². The highest BCUT2D eigenvalue weighted by Crippen LogP contribution is 2.34. The Bertz CT molecular complexity index is 1290. The number of para-hydroxylation sites is 1. The number of primary sulfonamides is 1. The lowest BCUT2D eigenvalue weighted by Crippen LogP contribution is -2.42. The predicted octanol–water partition coefficient (Wildman–Crippen LogP) is 2.04. The molecule has 178 valence electrons. The number of carbonyl (C=O) groups excluding carboxylic acids is 2. The Morgan fingerprint density at radius 1 is 1.18 bits per heavy atom. The van der Waals surface area contributed by atoms with Crippen LogP contribution in [0.25, 0.3) is 0 Å². The number of nitrogens with one attached hydrogen (secondary N) is 1. The number of rotatable bonds is 7. The molecule has 0 saturated heterocycles. The maximum atomic E-state index is 13.0. The lowest BCUT2D eigenvalue weighted by Gasteiger charge is -2.25. The van der Waals surface area contributed by atoms with Gasteiger partial charge in [0.15, 0.2) is 5.17 Å². The fourth-order valence-corrected chi connectivity index (χ4v) is 5.02. The minimum Gasteiger partial charge on any atom is -0.355 e. The average molecular weight is 500 g/mol. The molecular formula is C23H25N5O4S2. The van der Waals surface area contributed by atoms with Gasteiger partial charge in [0.25, 0.3) is 5.91 Å². The van der Waals surface area contributed by atoms with Crippen molar-refractivity contribution in [3.8, 4) is 0 Å². The maximum Gasteiger partial charge on any atom is 0.259 e. The summed E-state index contributed by atoms with van der Waals surface area (Å²) < 4.78 is 22.7. The monoisotopic (exact) mass is 499 g/mol. The number of sulfonamides is 1. The van der Waals surface area contributed by atoms with E-state index in [0.29, 0.717) is 24.0 Å². The molecule has 0 unspecified atom stereocenters. The highest BCUT2D eigenvalue weighted by molar-refractivity contribution is 8.14. The van der Waals surface area contributed by atoms with Crippen molar-refractivity contribution in [3.05, 3.63) is 59.7 Å². The SMILES string of the molecule is CC(C)[C@@H]1N=C2c3ccccc3N=C(SCC(=O)NCCc3ccc(S(N)(=O)=O)cc3)N2C1=O. The van der Waals surface area contributed by atoms with Gasteiger partial charge in [-0.05, 0) is 42.2 Å². The van der Waals surface area contributed by atoms with E-state index in [4.69, 9.17) is 5.14 Å². The van der Waals surface area contributed by atoms with E-state index in [1.54, 1.807) is 12.1 Å². The fourth-order valence-electron chi connectivity index (χ4n) is 3.67. The van der Waals surface area contributed by atoms with Crippen LogP contribution in [0.2, 0.25) is 0 Å². The summed E-state index contributed by atoms with van der Waals surface area (Å²) in [6.07, 6.45) is 0.535. The highest BCUT2D eigenvalue weighted by atomic mass is 32.2. The second-order valence-corrected chi connectivity index (χ2v) is 10.8. The number of hydrogen-bond donors (Lipinski definition) is 2. The largest absolute Gasteiger partial charge is 0.355 e. The summed E-state index contributed by atoms with van der Waals surface area (Å²) in [5, 5.41) is 8.39. The van der Waals surface area contributed by atoms with Crippen molar-refractivity contribution in [2.45, 2.75) is 31.2 Å². The Morgan fingerprint density at radius 2 is 1.88 bits per heavy atom. The van der Waals surface area contributed by atoms with E-state index in [9.17, 15) is 18.0 Å². The summed E-state index contributed by atoms with van der Waals surface area (Å²) in [6.45, 7) is 4.29. The summed E-state index contributed by atoms with van der Waals surface area (Å²) >= 11 is 1.20. The van der Waals surface area contributed by atoms with Gasteiger partial charge in [-0.15, -0.1) is 0 Å². The maximum absolute atomic E-state index is 13.0. The van der Waals surface area contributed by atoms with Crippen LogP contribution in [0.5, 0.6) is 0 Å². The first-order valence-electron chi connectivity index (χ1n) is 10.8.